The van der Waals surface area contributed by atoms with Crippen LogP contribution in [0.3, 0.4) is 0 Å². The first-order chi connectivity index (χ1) is 16.8. The van der Waals surface area contributed by atoms with Crippen LogP contribution in [0.4, 0.5) is 0 Å². The third kappa shape index (κ3) is 6.06. The number of thioether (sulfide) groups is 2. The van der Waals surface area contributed by atoms with Gasteiger partial charge in [0.2, 0.25) is 0 Å². The molecule has 1 aromatic heterocycles. The molecule has 5 nitrogen and oxygen atoms in total. The molecule has 3 heterocycles. The summed E-state index contributed by atoms with van der Waals surface area (Å²) in [6.07, 6.45) is 7.07. The number of hydrogen-bond donors (Lipinski definition) is 0. The molecule has 0 N–H and O–H groups in total. The molecule has 0 aliphatic carbocycles. The smallest absolute Gasteiger partial charge is 0.191 e. The fourth-order valence-corrected chi connectivity index (χ4v) is 6.32. The molecule has 2 aromatic carbocycles. The zero-order valence-corrected chi connectivity index (χ0v) is 21.6. The van der Waals surface area contributed by atoms with E-state index in [2.05, 4.69) is 75.4 Å². The highest BCUT2D eigenvalue weighted by Gasteiger charge is 2.27. The number of rotatable bonds is 9. The summed E-state index contributed by atoms with van der Waals surface area (Å²) in [6, 6.07) is 19.7. The number of aromatic nitrogens is 3. The Kier molecular flexibility index (Phi) is 8.27. The molecule has 0 unspecified atom stereocenters. The second-order valence-electron chi connectivity index (χ2n) is 9.26. The van der Waals surface area contributed by atoms with Gasteiger partial charge in [-0.15, -0.1) is 22.0 Å². The molecule has 3 aromatic rings. The van der Waals surface area contributed by atoms with E-state index in [1.54, 1.807) is 23.5 Å². The van der Waals surface area contributed by atoms with Crippen LogP contribution in [0.25, 0.3) is 0 Å². The largest absolute Gasteiger partial charge is 0.377 e. The molecule has 2 fully saturated rings. The van der Waals surface area contributed by atoms with Gasteiger partial charge >= 0.3 is 0 Å². The minimum absolute atomic E-state index is 0.351. The van der Waals surface area contributed by atoms with Crippen LogP contribution in [0.1, 0.15) is 48.6 Å². The van der Waals surface area contributed by atoms with Crippen molar-refractivity contribution < 1.29 is 4.74 Å². The van der Waals surface area contributed by atoms with Crippen LogP contribution >= 0.6 is 23.5 Å². The molecule has 0 amide bonds. The number of likely N-dealkylation sites (tertiary alicyclic amines) is 1. The zero-order valence-electron chi connectivity index (χ0n) is 19.9. The van der Waals surface area contributed by atoms with E-state index in [0.717, 1.165) is 68.8 Å². The van der Waals surface area contributed by atoms with Crippen LogP contribution in [-0.4, -0.2) is 57.5 Å². The fourth-order valence-electron chi connectivity index (χ4n) is 4.91. The number of ether oxygens (including phenoxy) is 1. The maximum atomic E-state index is 5.84. The van der Waals surface area contributed by atoms with E-state index in [-0.39, 0.29) is 0 Å². The van der Waals surface area contributed by atoms with E-state index in [4.69, 9.17) is 9.84 Å². The number of nitrogens with zero attached hydrogens (tertiary/aromatic N) is 4. The minimum atomic E-state index is 0.351. The van der Waals surface area contributed by atoms with Gasteiger partial charge in [0.1, 0.15) is 5.82 Å². The van der Waals surface area contributed by atoms with Crippen LogP contribution in [0.5, 0.6) is 0 Å². The Morgan fingerprint density at radius 1 is 0.912 bits per heavy atom. The SMILES string of the molecule is CSc1ccc(CN2CCC(c3nnc(SC[C@@H]4CCCO4)n3Cc3ccccc3)CC2)cc1. The monoisotopic (exact) mass is 494 g/mol. The van der Waals surface area contributed by atoms with Gasteiger partial charge in [-0.1, -0.05) is 54.2 Å². The summed E-state index contributed by atoms with van der Waals surface area (Å²) in [5, 5.41) is 10.4. The van der Waals surface area contributed by atoms with Gasteiger partial charge in [0, 0.05) is 29.7 Å². The Morgan fingerprint density at radius 2 is 1.68 bits per heavy atom. The lowest BCUT2D eigenvalue weighted by molar-refractivity contribution is 0.129. The van der Waals surface area contributed by atoms with Gasteiger partial charge < -0.3 is 9.30 Å². The van der Waals surface area contributed by atoms with Crippen molar-refractivity contribution in [1.82, 2.24) is 19.7 Å². The van der Waals surface area contributed by atoms with Crippen molar-refractivity contribution in [3.8, 4) is 0 Å². The second kappa shape index (κ2) is 11.8. The fraction of sp³-hybridized carbons (Fsp3) is 0.481. The van der Waals surface area contributed by atoms with Crippen molar-refractivity contribution in [1.29, 1.82) is 0 Å². The highest BCUT2D eigenvalue weighted by atomic mass is 32.2. The molecule has 0 bridgehead atoms. The molecule has 0 spiro atoms. The summed E-state index contributed by atoms with van der Waals surface area (Å²) in [7, 11) is 0. The first kappa shape index (κ1) is 23.9. The summed E-state index contributed by atoms with van der Waals surface area (Å²) in [5.41, 5.74) is 2.70. The molecule has 2 aliphatic heterocycles. The first-order valence-corrected chi connectivity index (χ1v) is 14.6. The highest BCUT2D eigenvalue weighted by molar-refractivity contribution is 7.99. The topological polar surface area (TPSA) is 43.2 Å². The third-order valence-electron chi connectivity index (χ3n) is 6.87. The highest BCUT2D eigenvalue weighted by Crippen LogP contribution is 2.32. The molecule has 2 aliphatic rings. The van der Waals surface area contributed by atoms with Gasteiger partial charge in [-0.25, -0.2) is 0 Å². The minimum Gasteiger partial charge on any atom is -0.377 e. The summed E-state index contributed by atoms with van der Waals surface area (Å²) in [4.78, 5) is 3.91. The lowest BCUT2D eigenvalue weighted by Gasteiger charge is -2.31. The molecule has 180 valence electrons. The molecule has 5 rings (SSSR count). The second-order valence-corrected chi connectivity index (χ2v) is 11.1. The van der Waals surface area contributed by atoms with E-state index >= 15 is 0 Å². The molecular formula is C27H34N4OS2. The van der Waals surface area contributed by atoms with Crippen LogP contribution in [0, 0.1) is 0 Å². The van der Waals surface area contributed by atoms with Gasteiger partial charge in [-0.05, 0) is 68.3 Å². The van der Waals surface area contributed by atoms with E-state index in [1.165, 1.54) is 22.4 Å². The molecule has 2 saturated heterocycles. The van der Waals surface area contributed by atoms with E-state index in [9.17, 15) is 0 Å². The van der Waals surface area contributed by atoms with Crippen molar-refractivity contribution in [3.63, 3.8) is 0 Å². The van der Waals surface area contributed by atoms with Crippen molar-refractivity contribution in [2.75, 3.05) is 31.7 Å². The van der Waals surface area contributed by atoms with Crippen LogP contribution in [0.2, 0.25) is 0 Å². The third-order valence-corrected chi connectivity index (χ3v) is 8.71. The Hall–Kier alpha value is -1.80. The van der Waals surface area contributed by atoms with Crippen LogP contribution < -0.4 is 0 Å². The standard InChI is InChI=1S/C27H34N4OS2/c1-33-25-11-9-22(10-12-25)18-30-15-13-23(14-16-30)26-28-29-27(34-20-24-8-5-17-32-24)31(26)19-21-6-3-2-4-7-21/h2-4,6-7,9-12,23-24H,5,8,13-20H2,1H3/t24-/m0/s1. The lowest BCUT2D eigenvalue weighted by atomic mass is 9.95. The summed E-state index contributed by atoms with van der Waals surface area (Å²) >= 11 is 3.60. The maximum Gasteiger partial charge on any atom is 0.191 e. The lowest BCUT2D eigenvalue weighted by Crippen LogP contribution is -2.33. The van der Waals surface area contributed by atoms with Gasteiger partial charge in [0.15, 0.2) is 5.16 Å². The molecular weight excluding hydrogens is 460 g/mol. The molecule has 1 atom stereocenters. The Bertz CT molecular complexity index is 1030. The number of hydrogen-bond acceptors (Lipinski definition) is 6. The Morgan fingerprint density at radius 3 is 2.38 bits per heavy atom. The first-order valence-electron chi connectivity index (χ1n) is 12.3. The molecule has 0 saturated carbocycles. The van der Waals surface area contributed by atoms with Gasteiger partial charge in [0.25, 0.3) is 0 Å². The van der Waals surface area contributed by atoms with Gasteiger partial charge in [-0.3, -0.25) is 4.90 Å². The van der Waals surface area contributed by atoms with Crippen molar-refractivity contribution >= 4 is 23.5 Å². The van der Waals surface area contributed by atoms with Crippen molar-refractivity contribution in [2.24, 2.45) is 0 Å². The average Bonchev–Trinajstić information content (AvgIpc) is 3.55. The van der Waals surface area contributed by atoms with Crippen molar-refractivity contribution in [2.45, 2.75) is 60.8 Å². The van der Waals surface area contributed by atoms with Crippen LogP contribution in [0.15, 0.2) is 64.6 Å². The summed E-state index contributed by atoms with van der Waals surface area (Å²) in [6.45, 7) is 4.96. The molecule has 0 radical (unpaired) electrons. The van der Waals surface area contributed by atoms with Gasteiger partial charge in [0.05, 0.1) is 12.6 Å². The number of benzene rings is 2. The average molecular weight is 495 g/mol. The quantitative estimate of drug-likeness (QED) is 0.356. The normalized spacial score (nSPS) is 19.6. The Balaban J connectivity index is 1.25. The maximum absolute atomic E-state index is 5.84. The van der Waals surface area contributed by atoms with E-state index in [0.29, 0.717) is 12.0 Å². The van der Waals surface area contributed by atoms with Gasteiger partial charge in [-0.2, -0.15) is 0 Å². The predicted octanol–water partition coefficient (Wildman–Crippen LogP) is 5.70. The van der Waals surface area contributed by atoms with E-state index < -0.39 is 0 Å². The predicted molar refractivity (Wildman–Crippen MR) is 141 cm³/mol. The zero-order chi connectivity index (χ0) is 23.2. The van der Waals surface area contributed by atoms with E-state index in [1.807, 2.05) is 0 Å². The molecule has 34 heavy (non-hydrogen) atoms. The summed E-state index contributed by atoms with van der Waals surface area (Å²) < 4.78 is 8.22. The van der Waals surface area contributed by atoms with Crippen molar-refractivity contribution in [3.05, 3.63) is 71.5 Å². The van der Waals surface area contributed by atoms with Crippen LogP contribution in [-0.2, 0) is 17.8 Å². The molecule has 7 heteroatoms. The number of piperidine rings is 1. The summed E-state index contributed by atoms with van der Waals surface area (Å²) in [5.74, 6) is 2.58. The Labute approximate surface area is 211 Å².